The number of carbonyl (C=O) groups excluding carboxylic acids is 1. The SMILES string of the molecule is C[C@H](CN(C)CC(=O)Nc1ccc(Cl)c(Cl)c1)CS(C)(=O)=O. The molecule has 1 atom stereocenters. The van der Waals surface area contributed by atoms with Crippen LogP contribution in [-0.2, 0) is 14.6 Å². The van der Waals surface area contributed by atoms with Crippen molar-refractivity contribution in [2.45, 2.75) is 6.92 Å². The zero-order valence-electron chi connectivity index (χ0n) is 12.8. The Kier molecular flexibility index (Phi) is 7.12. The second-order valence-corrected chi connectivity index (χ2v) is 8.57. The first-order valence-electron chi connectivity index (χ1n) is 6.68. The highest BCUT2D eigenvalue weighted by atomic mass is 35.5. The monoisotopic (exact) mass is 366 g/mol. The lowest BCUT2D eigenvalue weighted by molar-refractivity contribution is -0.117. The molecular formula is C14H20Cl2N2O3S. The van der Waals surface area contributed by atoms with Crippen LogP contribution in [0.1, 0.15) is 6.92 Å². The van der Waals surface area contributed by atoms with E-state index in [0.717, 1.165) is 0 Å². The molecule has 124 valence electrons. The minimum absolute atomic E-state index is 0.0437. The van der Waals surface area contributed by atoms with Crippen molar-refractivity contribution in [1.29, 1.82) is 0 Å². The second kappa shape index (κ2) is 8.15. The van der Waals surface area contributed by atoms with Crippen LogP contribution >= 0.6 is 23.2 Å². The zero-order chi connectivity index (χ0) is 16.9. The highest BCUT2D eigenvalue weighted by Gasteiger charge is 2.15. The Bertz CT molecular complexity index is 635. The molecule has 5 nitrogen and oxygen atoms in total. The number of anilines is 1. The maximum absolute atomic E-state index is 11.9. The van der Waals surface area contributed by atoms with E-state index in [0.29, 0.717) is 22.3 Å². The molecule has 0 saturated carbocycles. The number of nitrogens with one attached hydrogen (secondary N) is 1. The van der Waals surface area contributed by atoms with Crippen molar-refractivity contribution in [2.24, 2.45) is 5.92 Å². The number of likely N-dealkylation sites (N-methyl/N-ethyl adjacent to an activating group) is 1. The summed E-state index contributed by atoms with van der Waals surface area (Å²) in [6.45, 7) is 2.52. The smallest absolute Gasteiger partial charge is 0.238 e. The number of hydrogen-bond donors (Lipinski definition) is 1. The van der Waals surface area contributed by atoms with E-state index in [1.807, 2.05) is 6.92 Å². The van der Waals surface area contributed by atoms with E-state index in [1.54, 1.807) is 30.1 Å². The fraction of sp³-hybridized carbons (Fsp3) is 0.500. The molecular weight excluding hydrogens is 347 g/mol. The largest absolute Gasteiger partial charge is 0.325 e. The molecule has 0 aliphatic rings. The first kappa shape index (κ1) is 19.2. The number of amides is 1. The van der Waals surface area contributed by atoms with Crippen LogP contribution in [0.25, 0.3) is 0 Å². The van der Waals surface area contributed by atoms with Gasteiger partial charge in [0.2, 0.25) is 5.91 Å². The van der Waals surface area contributed by atoms with Gasteiger partial charge in [0.15, 0.2) is 0 Å². The van der Waals surface area contributed by atoms with Gasteiger partial charge in [0.05, 0.1) is 22.3 Å². The van der Waals surface area contributed by atoms with Gasteiger partial charge in [-0.15, -0.1) is 0 Å². The highest BCUT2D eigenvalue weighted by Crippen LogP contribution is 2.24. The van der Waals surface area contributed by atoms with Crippen molar-refractivity contribution < 1.29 is 13.2 Å². The molecule has 1 amide bonds. The number of sulfone groups is 1. The molecule has 0 fully saturated rings. The van der Waals surface area contributed by atoms with Gasteiger partial charge in [-0.05, 0) is 31.2 Å². The second-order valence-electron chi connectivity index (χ2n) is 5.57. The lowest BCUT2D eigenvalue weighted by Gasteiger charge is -2.20. The summed E-state index contributed by atoms with van der Waals surface area (Å²) in [5, 5.41) is 3.51. The number of rotatable bonds is 7. The number of benzene rings is 1. The number of carbonyl (C=O) groups is 1. The summed E-state index contributed by atoms with van der Waals surface area (Å²) in [7, 11) is -1.24. The third kappa shape index (κ3) is 7.45. The van der Waals surface area contributed by atoms with Crippen molar-refractivity contribution in [3.8, 4) is 0 Å². The Balaban J connectivity index is 2.48. The highest BCUT2D eigenvalue weighted by molar-refractivity contribution is 7.90. The lowest BCUT2D eigenvalue weighted by atomic mass is 10.2. The molecule has 0 saturated heterocycles. The van der Waals surface area contributed by atoms with Crippen LogP contribution in [0.5, 0.6) is 0 Å². The molecule has 0 unspecified atom stereocenters. The Morgan fingerprint density at radius 1 is 1.32 bits per heavy atom. The van der Waals surface area contributed by atoms with Crippen LogP contribution in [-0.4, -0.2) is 51.4 Å². The van der Waals surface area contributed by atoms with Crippen LogP contribution in [0.15, 0.2) is 18.2 Å². The summed E-state index contributed by atoms with van der Waals surface area (Å²) in [5.41, 5.74) is 0.567. The molecule has 0 heterocycles. The minimum atomic E-state index is -3.01. The van der Waals surface area contributed by atoms with Crippen molar-refractivity contribution >= 4 is 44.6 Å². The number of halogens is 2. The molecule has 1 N–H and O–H groups in total. The van der Waals surface area contributed by atoms with E-state index in [1.165, 1.54) is 6.26 Å². The summed E-state index contributed by atoms with van der Waals surface area (Å²) in [6.07, 6.45) is 1.21. The standard InChI is InChI=1S/C14H20Cl2N2O3S/c1-10(9-22(3,20)21)7-18(2)8-14(19)17-11-4-5-12(15)13(16)6-11/h4-6,10H,7-9H2,1-3H3,(H,17,19)/t10-/m1/s1. The molecule has 0 radical (unpaired) electrons. The summed E-state index contributed by atoms with van der Waals surface area (Å²) < 4.78 is 22.4. The molecule has 0 bridgehead atoms. The van der Waals surface area contributed by atoms with Gasteiger partial charge in [-0.1, -0.05) is 30.1 Å². The molecule has 0 aromatic heterocycles. The quantitative estimate of drug-likeness (QED) is 0.804. The predicted molar refractivity (Wildman–Crippen MR) is 91.5 cm³/mol. The van der Waals surface area contributed by atoms with Crippen molar-refractivity contribution in [2.75, 3.05) is 37.5 Å². The van der Waals surface area contributed by atoms with Crippen LogP contribution in [0.3, 0.4) is 0 Å². The van der Waals surface area contributed by atoms with Gasteiger partial charge < -0.3 is 5.32 Å². The Labute approximate surface area is 141 Å². The molecule has 0 aliphatic carbocycles. The first-order chi connectivity index (χ1) is 10.1. The molecule has 22 heavy (non-hydrogen) atoms. The van der Waals surface area contributed by atoms with E-state index in [-0.39, 0.29) is 24.1 Å². The Morgan fingerprint density at radius 3 is 2.50 bits per heavy atom. The van der Waals surface area contributed by atoms with Crippen LogP contribution < -0.4 is 5.32 Å². The molecule has 1 aromatic carbocycles. The van der Waals surface area contributed by atoms with Crippen molar-refractivity contribution in [1.82, 2.24) is 4.90 Å². The minimum Gasteiger partial charge on any atom is -0.325 e. The van der Waals surface area contributed by atoms with E-state index in [2.05, 4.69) is 5.32 Å². The average molecular weight is 367 g/mol. The van der Waals surface area contributed by atoms with Gasteiger partial charge in [-0.2, -0.15) is 0 Å². The van der Waals surface area contributed by atoms with E-state index >= 15 is 0 Å². The van der Waals surface area contributed by atoms with Gasteiger partial charge in [0.1, 0.15) is 9.84 Å². The lowest BCUT2D eigenvalue weighted by Crippen LogP contribution is -2.34. The third-order valence-electron chi connectivity index (χ3n) is 2.83. The zero-order valence-corrected chi connectivity index (χ0v) is 15.1. The fourth-order valence-corrected chi connectivity index (χ4v) is 3.62. The van der Waals surface area contributed by atoms with Crippen molar-refractivity contribution in [3.05, 3.63) is 28.2 Å². The van der Waals surface area contributed by atoms with E-state index in [9.17, 15) is 13.2 Å². The van der Waals surface area contributed by atoms with E-state index in [4.69, 9.17) is 23.2 Å². The fourth-order valence-electron chi connectivity index (χ4n) is 2.19. The summed E-state index contributed by atoms with van der Waals surface area (Å²) in [4.78, 5) is 13.7. The normalized spacial score (nSPS) is 13.2. The molecule has 0 spiro atoms. The molecule has 1 rings (SSSR count). The Hall–Kier alpha value is -0.820. The maximum atomic E-state index is 11.9. The van der Waals surface area contributed by atoms with Gasteiger partial charge in [-0.25, -0.2) is 8.42 Å². The van der Waals surface area contributed by atoms with Gasteiger partial charge >= 0.3 is 0 Å². The molecule has 0 aliphatic heterocycles. The van der Waals surface area contributed by atoms with Gasteiger partial charge in [0.25, 0.3) is 0 Å². The van der Waals surface area contributed by atoms with Crippen LogP contribution in [0, 0.1) is 5.92 Å². The summed E-state index contributed by atoms with van der Waals surface area (Å²) >= 11 is 11.7. The Morgan fingerprint density at radius 2 is 1.95 bits per heavy atom. The van der Waals surface area contributed by atoms with Gasteiger partial charge in [0, 0.05) is 18.5 Å². The molecule has 8 heteroatoms. The van der Waals surface area contributed by atoms with E-state index < -0.39 is 9.84 Å². The number of nitrogens with zero attached hydrogens (tertiary/aromatic N) is 1. The topological polar surface area (TPSA) is 66.5 Å². The predicted octanol–water partition coefficient (Wildman–Crippen LogP) is 2.54. The van der Waals surface area contributed by atoms with Crippen molar-refractivity contribution in [3.63, 3.8) is 0 Å². The summed E-state index contributed by atoms with van der Waals surface area (Å²) in [6, 6.07) is 4.85. The first-order valence-corrected chi connectivity index (χ1v) is 9.49. The number of hydrogen-bond acceptors (Lipinski definition) is 4. The van der Waals surface area contributed by atoms with Crippen LogP contribution in [0.4, 0.5) is 5.69 Å². The summed E-state index contributed by atoms with van der Waals surface area (Å²) in [5.74, 6) is -0.142. The van der Waals surface area contributed by atoms with Gasteiger partial charge in [-0.3, -0.25) is 9.69 Å². The third-order valence-corrected chi connectivity index (χ3v) is 4.74. The maximum Gasteiger partial charge on any atom is 0.238 e. The average Bonchev–Trinajstić information content (AvgIpc) is 2.30. The van der Waals surface area contributed by atoms with Crippen LogP contribution in [0.2, 0.25) is 10.0 Å². The molecule has 1 aromatic rings.